The third-order valence-corrected chi connectivity index (χ3v) is 4.36. The molecule has 0 aliphatic carbocycles. The fourth-order valence-electron chi connectivity index (χ4n) is 2.33. The SMILES string of the molecule is O=C(COc1ccccc1/C=C1\SC(=O)NC1=O)Nc1cccc([N+](=O)[O-])c1. The number of rotatable bonds is 6. The Bertz CT molecular complexity index is 1000. The smallest absolute Gasteiger partial charge is 0.290 e. The van der Waals surface area contributed by atoms with Crippen LogP contribution < -0.4 is 15.4 Å². The number of non-ortho nitro benzene ring substituents is 1. The van der Waals surface area contributed by atoms with Crippen LogP contribution in [0.25, 0.3) is 6.08 Å². The minimum absolute atomic E-state index is 0.141. The molecule has 0 aromatic heterocycles. The van der Waals surface area contributed by atoms with E-state index in [9.17, 15) is 24.5 Å². The van der Waals surface area contributed by atoms with Crippen molar-refractivity contribution in [2.75, 3.05) is 11.9 Å². The zero-order valence-electron chi connectivity index (χ0n) is 14.2. The Kier molecular flexibility index (Phi) is 5.70. The van der Waals surface area contributed by atoms with Gasteiger partial charge in [-0.25, -0.2) is 0 Å². The molecule has 0 radical (unpaired) electrons. The van der Waals surface area contributed by atoms with Gasteiger partial charge in [-0.05, 0) is 30.0 Å². The Balaban J connectivity index is 1.66. The van der Waals surface area contributed by atoms with Gasteiger partial charge in [0.25, 0.3) is 22.7 Å². The van der Waals surface area contributed by atoms with Crippen molar-refractivity contribution in [2.45, 2.75) is 0 Å². The van der Waals surface area contributed by atoms with Gasteiger partial charge < -0.3 is 10.1 Å². The lowest BCUT2D eigenvalue weighted by atomic mass is 10.2. The number of hydrogen-bond donors (Lipinski definition) is 2. The van der Waals surface area contributed by atoms with E-state index in [4.69, 9.17) is 4.74 Å². The predicted octanol–water partition coefficient (Wildman–Crippen LogP) is 2.94. The molecule has 3 amide bonds. The van der Waals surface area contributed by atoms with Gasteiger partial charge in [0, 0.05) is 23.4 Å². The van der Waals surface area contributed by atoms with Gasteiger partial charge in [0.15, 0.2) is 6.61 Å². The van der Waals surface area contributed by atoms with Crippen LogP contribution in [0, 0.1) is 10.1 Å². The number of hydrogen-bond acceptors (Lipinski definition) is 7. The van der Waals surface area contributed by atoms with Crippen LogP contribution in [0.4, 0.5) is 16.2 Å². The number of amides is 3. The van der Waals surface area contributed by atoms with Crippen molar-refractivity contribution in [3.63, 3.8) is 0 Å². The second-order valence-corrected chi connectivity index (χ2v) is 6.55. The standard InChI is InChI=1S/C18H13N3O6S/c22-16(19-12-5-3-6-13(9-12)21(25)26)10-27-14-7-2-1-4-11(14)8-15-17(23)20-18(24)28-15/h1-9H,10H2,(H,19,22)(H,20,23,24)/b15-8-. The number of nitro benzene ring substituents is 1. The van der Waals surface area contributed by atoms with Gasteiger partial charge in [0.2, 0.25) is 0 Å². The summed E-state index contributed by atoms with van der Waals surface area (Å²) in [5, 5.41) is 15.0. The molecule has 1 fully saturated rings. The lowest BCUT2D eigenvalue weighted by molar-refractivity contribution is -0.384. The summed E-state index contributed by atoms with van der Waals surface area (Å²) in [5.41, 5.74) is 0.659. The first-order valence-corrected chi connectivity index (χ1v) is 8.75. The van der Waals surface area contributed by atoms with E-state index in [1.807, 2.05) is 0 Å². The molecule has 28 heavy (non-hydrogen) atoms. The van der Waals surface area contributed by atoms with Gasteiger partial charge >= 0.3 is 0 Å². The van der Waals surface area contributed by atoms with E-state index in [1.165, 1.54) is 30.3 Å². The summed E-state index contributed by atoms with van der Waals surface area (Å²) in [6.07, 6.45) is 1.50. The van der Waals surface area contributed by atoms with Crippen molar-refractivity contribution in [1.82, 2.24) is 5.32 Å². The number of nitrogens with one attached hydrogen (secondary N) is 2. The molecule has 9 nitrogen and oxygen atoms in total. The van der Waals surface area contributed by atoms with E-state index in [0.717, 1.165) is 11.8 Å². The van der Waals surface area contributed by atoms with Gasteiger partial charge in [-0.15, -0.1) is 0 Å². The topological polar surface area (TPSA) is 128 Å². The third-order valence-electron chi connectivity index (χ3n) is 3.55. The summed E-state index contributed by atoms with van der Waals surface area (Å²) in [4.78, 5) is 45.5. The Morgan fingerprint density at radius 2 is 2.00 bits per heavy atom. The molecule has 0 unspecified atom stereocenters. The number of anilines is 1. The van der Waals surface area contributed by atoms with Crippen molar-refractivity contribution in [1.29, 1.82) is 0 Å². The fraction of sp³-hybridized carbons (Fsp3) is 0.0556. The minimum atomic E-state index is -0.558. The molecule has 3 rings (SSSR count). The van der Waals surface area contributed by atoms with E-state index in [1.54, 1.807) is 24.3 Å². The van der Waals surface area contributed by atoms with E-state index in [2.05, 4.69) is 10.6 Å². The van der Waals surface area contributed by atoms with Crippen molar-refractivity contribution >= 4 is 46.3 Å². The highest BCUT2D eigenvalue weighted by Crippen LogP contribution is 2.29. The number of carbonyl (C=O) groups is 3. The summed E-state index contributed by atoms with van der Waals surface area (Å²) in [7, 11) is 0. The highest BCUT2D eigenvalue weighted by Gasteiger charge is 2.25. The molecule has 10 heteroatoms. The van der Waals surface area contributed by atoms with Crippen LogP contribution in [0.3, 0.4) is 0 Å². The molecule has 1 aliphatic heterocycles. The van der Waals surface area contributed by atoms with E-state index >= 15 is 0 Å². The number of para-hydroxylation sites is 1. The highest BCUT2D eigenvalue weighted by molar-refractivity contribution is 8.18. The van der Waals surface area contributed by atoms with Crippen LogP contribution in [0.5, 0.6) is 5.75 Å². The lowest BCUT2D eigenvalue weighted by Crippen LogP contribution is -2.20. The first-order chi connectivity index (χ1) is 13.4. The van der Waals surface area contributed by atoms with Crippen molar-refractivity contribution in [3.8, 4) is 5.75 Å². The van der Waals surface area contributed by atoms with Gasteiger partial charge in [-0.3, -0.25) is 29.8 Å². The molecule has 0 bridgehead atoms. The zero-order chi connectivity index (χ0) is 20.1. The number of nitro groups is 1. The summed E-state index contributed by atoms with van der Waals surface area (Å²) in [6, 6.07) is 12.3. The normalized spacial score (nSPS) is 14.6. The largest absolute Gasteiger partial charge is 0.483 e. The molecular weight excluding hydrogens is 386 g/mol. The summed E-state index contributed by atoms with van der Waals surface area (Å²) in [5.74, 6) is -0.656. The van der Waals surface area contributed by atoms with E-state index < -0.39 is 22.0 Å². The quantitative estimate of drug-likeness (QED) is 0.434. The molecule has 2 N–H and O–H groups in total. The Morgan fingerprint density at radius 1 is 1.21 bits per heavy atom. The molecule has 1 heterocycles. The molecule has 2 aromatic carbocycles. The molecule has 142 valence electrons. The molecule has 2 aromatic rings. The molecule has 1 aliphatic rings. The number of carbonyl (C=O) groups excluding carboxylic acids is 3. The van der Waals surface area contributed by atoms with Crippen LogP contribution in [0.1, 0.15) is 5.56 Å². The second kappa shape index (κ2) is 8.35. The van der Waals surface area contributed by atoms with Crippen LogP contribution >= 0.6 is 11.8 Å². The van der Waals surface area contributed by atoms with E-state index in [-0.39, 0.29) is 22.9 Å². The summed E-state index contributed by atoms with van der Waals surface area (Å²) < 4.78 is 5.50. The van der Waals surface area contributed by atoms with Crippen molar-refractivity contribution in [3.05, 3.63) is 69.1 Å². The molecule has 0 spiro atoms. The average molecular weight is 399 g/mol. The predicted molar refractivity (Wildman–Crippen MR) is 103 cm³/mol. The first kappa shape index (κ1) is 19.1. The Morgan fingerprint density at radius 3 is 2.71 bits per heavy atom. The van der Waals surface area contributed by atoms with Crippen LogP contribution in [-0.2, 0) is 9.59 Å². The van der Waals surface area contributed by atoms with Gasteiger partial charge in [-0.2, -0.15) is 0 Å². The van der Waals surface area contributed by atoms with Gasteiger partial charge in [-0.1, -0.05) is 24.3 Å². The monoisotopic (exact) mass is 399 g/mol. The van der Waals surface area contributed by atoms with Crippen LogP contribution in [-0.4, -0.2) is 28.6 Å². The zero-order valence-corrected chi connectivity index (χ0v) is 15.0. The van der Waals surface area contributed by atoms with E-state index in [0.29, 0.717) is 11.3 Å². The van der Waals surface area contributed by atoms with Gasteiger partial charge in [0.05, 0.1) is 9.83 Å². The molecule has 0 atom stereocenters. The maximum absolute atomic E-state index is 12.1. The molecule has 1 saturated heterocycles. The van der Waals surface area contributed by atoms with Gasteiger partial charge in [0.1, 0.15) is 5.75 Å². The highest BCUT2D eigenvalue weighted by atomic mass is 32.2. The number of imide groups is 1. The maximum atomic E-state index is 12.1. The van der Waals surface area contributed by atoms with Crippen LogP contribution in [0.2, 0.25) is 0 Å². The first-order valence-electron chi connectivity index (χ1n) is 7.93. The summed E-state index contributed by atoms with van der Waals surface area (Å²) in [6.45, 7) is -0.346. The number of ether oxygens (including phenoxy) is 1. The summed E-state index contributed by atoms with van der Waals surface area (Å²) >= 11 is 0.779. The Hall–Kier alpha value is -3.66. The lowest BCUT2D eigenvalue weighted by Gasteiger charge is -2.10. The average Bonchev–Trinajstić information content (AvgIpc) is 2.98. The minimum Gasteiger partial charge on any atom is -0.483 e. The molecule has 0 saturated carbocycles. The maximum Gasteiger partial charge on any atom is 0.290 e. The fourth-order valence-corrected chi connectivity index (χ4v) is 3.00. The second-order valence-electron chi connectivity index (χ2n) is 5.53. The van der Waals surface area contributed by atoms with Crippen molar-refractivity contribution in [2.24, 2.45) is 0 Å². The number of nitrogens with zero attached hydrogens (tertiary/aromatic N) is 1. The van der Waals surface area contributed by atoms with Crippen LogP contribution in [0.15, 0.2) is 53.4 Å². The van der Waals surface area contributed by atoms with Crippen molar-refractivity contribution < 1.29 is 24.0 Å². The Labute approximate surface area is 162 Å². The third kappa shape index (κ3) is 4.74. The molecular formula is C18H13N3O6S. The number of benzene rings is 2. The number of thioether (sulfide) groups is 1.